The summed E-state index contributed by atoms with van der Waals surface area (Å²) in [6.45, 7) is 1.23. The van der Waals surface area contributed by atoms with E-state index in [1.807, 2.05) is 4.90 Å². The Balaban J connectivity index is 1.35. The third kappa shape index (κ3) is 4.88. The normalized spacial score (nSPS) is 25.1. The number of benzene rings is 2. The molecule has 2 fully saturated rings. The summed E-state index contributed by atoms with van der Waals surface area (Å²) in [7, 11) is 1.33. The van der Waals surface area contributed by atoms with Gasteiger partial charge in [-0.1, -0.05) is 12.1 Å². The lowest BCUT2D eigenvalue weighted by Gasteiger charge is -2.35. The minimum absolute atomic E-state index is 0.0228. The van der Waals surface area contributed by atoms with Crippen LogP contribution in [-0.4, -0.2) is 54.3 Å². The maximum absolute atomic E-state index is 13.4. The fraction of sp³-hybridized carbons (Fsp3) is 0.417. The van der Waals surface area contributed by atoms with E-state index >= 15 is 0 Å². The molecular weight excluding hydrogens is 401 g/mol. The van der Waals surface area contributed by atoms with Crippen LogP contribution in [0.1, 0.15) is 28.8 Å². The van der Waals surface area contributed by atoms with E-state index in [2.05, 4.69) is 0 Å². The van der Waals surface area contributed by atoms with E-state index in [4.69, 9.17) is 9.47 Å². The first-order valence-corrected chi connectivity index (χ1v) is 10.5. The number of carbonyl (C=O) groups is 2. The van der Waals surface area contributed by atoms with Crippen molar-refractivity contribution in [3.8, 4) is 5.75 Å². The van der Waals surface area contributed by atoms with Gasteiger partial charge in [0.15, 0.2) is 0 Å². The smallest absolute Gasteiger partial charge is 0.337 e. The second-order valence-corrected chi connectivity index (χ2v) is 8.34. The molecule has 2 aliphatic rings. The average Bonchev–Trinajstić information content (AvgIpc) is 3.17. The number of halogens is 1. The number of amides is 1. The Hall–Kier alpha value is -2.93. The minimum Gasteiger partial charge on any atom is -0.488 e. The number of methoxy groups -OCH3 is 1. The Morgan fingerprint density at radius 1 is 1.10 bits per heavy atom. The SMILES string of the molecule is COC(=O)c1ccc(O[C@H]2C[C@@H]3CN(C(=O)Cc4cccc(F)c4)C[C@@H]3C[C@@H]2O)cc1. The molecule has 0 aromatic heterocycles. The van der Waals surface area contributed by atoms with Gasteiger partial charge in [-0.2, -0.15) is 0 Å². The van der Waals surface area contributed by atoms with Gasteiger partial charge in [-0.15, -0.1) is 0 Å². The first kappa shape index (κ1) is 21.3. The number of carbonyl (C=O) groups excluding carboxylic acids is 2. The third-order valence-electron chi connectivity index (χ3n) is 6.24. The molecule has 0 spiro atoms. The molecule has 164 valence electrons. The fourth-order valence-electron chi connectivity index (χ4n) is 4.62. The number of likely N-dealkylation sites (tertiary alicyclic amines) is 1. The first-order valence-electron chi connectivity index (χ1n) is 10.5. The van der Waals surface area contributed by atoms with E-state index in [0.717, 1.165) is 0 Å². The highest BCUT2D eigenvalue weighted by molar-refractivity contribution is 5.89. The average molecular weight is 427 g/mol. The Labute approximate surface area is 180 Å². The van der Waals surface area contributed by atoms with Crippen LogP contribution in [0.25, 0.3) is 0 Å². The number of aliphatic hydroxyl groups is 1. The number of esters is 1. The summed E-state index contributed by atoms with van der Waals surface area (Å²) in [5.41, 5.74) is 1.10. The van der Waals surface area contributed by atoms with E-state index in [1.165, 1.54) is 19.2 Å². The monoisotopic (exact) mass is 427 g/mol. The van der Waals surface area contributed by atoms with Crippen molar-refractivity contribution >= 4 is 11.9 Å². The van der Waals surface area contributed by atoms with E-state index in [0.29, 0.717) is 42.8 Å². The molecule has 1 aliphatic carbocycles. The molecule has 1 saturated heterocycles. The molecule has 2 aromatic rings. The molecule has 1 amide bonds. The summed E-state index contributed by atoms with van der Waals surface area (Å²) >= 11 is 0. The van der Waals surface area contributed by atoms with Crippen LogP contribution in [-0.2, 0) is 16.0 Å². The molecule has 0 bridgehead atoms. The van der Waals surface area contributed by atoms with Crippen molar-refractivity contribution in [2.45, 2.75) is 31.5 Å². The van der Waals surface area contributed by atoms with Gasteiger partial charge < -0.3 is 19.5 Å². The van der Waals surface area contributed by atoms with Crippen molar-refractivity contribution in [3.05, 3.63) is 65.5 Å². The second-order valence-electron chi connectivity index (χ2n) is 8.34. The molecule has 2 aromatic carbocycles. The lowest BCUT2D eigenvalue weighted by atomic mass is 9.78. The summed E-state index contributed by atoms with van der Waals surface area (Å²) in [4.78, 5) is 26.1. The molecule has 0 radical (unpaired) electrons. The number of ether oxygens (including phenoxy) is 2. The highest BCUT2D eigenvalue weighted by Crippen LogP contribution is 2.38. The van der Waals surface area contributed by atoms with E-state index in [9.17, 15) is 19.1 Å². The Kier molecular flexibility index (Phi) is 6.23. The van der Waals surface area contributed by atoms with Gasteiger partial charge in [0.1, 0.15) is 17.7 Å². The Bertz CT molecular complexity index is 947. The summed E-state index contributed by atoms with van der Waals surface area (Å²) in [5.74, 6) is 0.272. The zero-order valence-electron chi connectivity index (χ0n) is 17.4. The van der Waals surface area contributed by atoms with Gasteiger partial charge in [0, 0.05) is 13.1 Å². The maximum Gasteiger partial charge on any atom is 0.337 e. The van der Waals surface area contributed by atoms with Gasteiger partial charge in [0.25, 0.3) is 0 Å². The van der Waals surface area contributed by atoms with Crippen molar-refractivity contribution < 1.29 is 28.6 Å². The van der Waals surface area contributed by atoms with Crippen LogP contribution in [0.3, 0.4) is 0 Å². The number of hydrogen-bond acceptors (Lipinski definition) is 5. The molecule has 1 saturated carbocycles. The molecule has 1 N–H and O–H groups in total. The summed E-state index contributed by atoms with van der Waals surface area (Å²) in [6, 6.07) is 12.7. The van der Waals surface area contributed by atoms with E-state index < -0.39 is 12.1 Å². The lowest BCUT2D eigenvalue weighted by Crippen LogP contribution is -2.42. The fourth-order valence-corrected chi connectivity index (χ4v) is 4.62. The first-order chi connectivity index (χ1) is 14.9. The molecule has 4 atom stereocenters. The van der Waals surface area contributed by atoms with Gasteiger partial charge >= 0.3 is 5.97 Å². The Morgan fingerprint density at radius 3 is 2.48 bits per heavy atom. The van der Waals surface area contributed by atoms with Gasteiger partial charge in [0.2, 0.25) is 5.91 Å². The van der Waals surface area contributed by atoms with Crippen LogP contribution in [0, 0.1) is 17.7 Å². The molecule has 7 heteroatoms. The quantitative estimate of drug-likeness (QED) is 0.743. The molecule has 31 heavy (non-hydrogen) atoms. The predicted octanol–water partition coefficient (Wildman–Crippen LogP) is 2.83. The highest BCUT2D eigenvalue weighted by Gasteiger charge is 2.43. The van der Waals surface area contributed by atoms with E-state index in [1.54, 1.807) is 36.4 Å². The van der Waals surface area contributed by atoms with Crippen molar-refractivity contribution in [1.82, 2.24) is 4.90 Å². The number of rotatable bonds is 5. The number of hydrogen-bond donors (Lipinski definition) is 1. The van der Waals surface area contributed by atoms with Crippen LogP contribution in [0.5, 0.6) is 5.75 Å². The molecular formula is C24H26FNO5. The van der Waals surface area contributed by atoms with Crippen LogP contribution in [0.2, 0.25) is 0 Å². The standard InChI is InChI=1S/C24H26FNO5/c1-30-24(29)16-5-7-20(8-6-16)31-22-12-18-14-26(13-17(18)11-21(22)27)23(28)10-15-3-2-4-19(25)9-15/h2-9,17-18,21-22,27H,10-14H2,1H3/t17-,18+,21-,22-/m0/s1. The zero-order valence-corrected chi connectivity index (χ0v) is 17.4. The van der Waals surface area contributed by atoms with Gasteiger partial charge in [-0.05, 0) is 66.6 Å². The third-order valence-corrected chi connectivity index (χ3v) is 6.24. The molecule has 0 unspecified atom stereocenters. The van der Waals surface area contributed by atoms with E-state index in [-0.39, 0.29) is 36.1 Å². The van der Waals surface area contributed by atoms with Gasteiger partial charge in [-0.3, -0.25) is 4.79 Å². The topological polar surface area (TPSA) is 76.1 Å². The van der Waals surface area contributed by atoms with Crippen LogP contribution < -0.4 is 4.74 Å². The van der Waals surface area contributed by atoms with Crippen molar-refractivity contribution in [1.29, 1.82) is 0 Å². The minimum atomic E-state index is -0.625. The Morgan fingerprint density at radius 2 is 1.81 bits per heavy atom. The summed E-state index contributed by atoms with van der Waals surface area (Å²) in [5, 5.41) is 10.6. The van der Waals surface area contributed by atoms with Crippen molar-refractivity contribution in [3.63, 3.8) is 0 Å². The molecule has 6 nitrogen and oxygen atoms in total. The summed E-state index contributed by atoms with van der Waals surface area (Å²) < 4.78 is 24.1. The number of fused-ring (bicyclic) bond motifs is 1. The summed E-state index contributed by atoms with van der Waals surface area (Å²) in [6.07, 6.45) is 0.392. The second kappa shape index (κ2) is 9.06. The highest BCUT2D eigenvalue weighted by atomic mass is 19.1. The van der Waals surface area contributed by atoms with Crippen molar-refractivity contribution in [2.24, 2.45) is 11.8 Å². The van der Waals surface area contributed by atoms with Crippen LogP contribution in [0.15, 0.2) is 48.5 Å². The molecule has 1 aliphatic heterocycles. The van der Waals surface area contributed by atoms with Gasteiger partial charge in [-0.25, -0.2) is 9.18 Å². The maximum atomic E-state index is 13.4. The van der Waals surface area contributed by atoms with Gasteiger partial charge in [0.05, 0.1) is 25.2 Å². The lowest BCUT2D eigenvalue weighted by molar-refractivity contribution is -0.129. The molecule has 4 rings (SSSR count). The largest absolute Gasteiger partial charge is 0.488 e. The van der Waals surface area contributed by atoms with Crippen LogP contribution in [0.4, 0.5) is 4.39 Å². The van der Waals surface area contributed by atoms with Crippen molar-refractivity contribution in [2.75, 3.05) is 20.2 Å². The number of nitrogens with zero attached hydrogens (tertiary/aromatic N) is 1. The predicted molar refractivity (Wildman–Crippen MR) is 111 cm³/mol. The van der Waals surface area contributed by atoms with Crippen LogP contribution >= 0.6 is 0 Å². The zero-order chi connectivity index (χ0) is 22.0. The number of aliphatic hydroxyl groups excluding tert-OH is 1. The molecule has 1 heterocycles.